The van der Waals surface area contributed by atoms with Crippen LogP contribution in [0.5, 0.6) is 0 Å². The first-order valence-corrected chi connectivity index (χ1v) is 8.97. The summed E-state index contributed by atoms with van der Waals surface area (Å²) in [5.74, 6) is 0.868. The highest BCUT2D eigenvalue weighted by Gasteiger charge is 2.30. The molecule has 0 radical (unpaired) electrons. The molecule has 8 heteroatoms. The predicted octanol–water partition coefficient (Wildman–Crippen LogP) is 2.17. The topological polar surface area (TPSA) is 74.5 Å². The molecule has 1 aliphatic heterocycles. The number of hydrogen-bond acceptors (Lipinski definition) is 3. The lowest BCUT2D eigenvalue weighted by atomic mass is 10.2. The molecule has 2 N–H and O–H groups in total. The molecule has 0 spiro atoms. The minimum absolute atomic E-state index is 0. The first-order valence-electron chi connectivity index (χ1n) is 8.97. The van der Waals surface area contributed by atoms with E-state index in [1.165, 1.54) is 5.56 Å². The number of para-hydroxylation sites is 1. The number of aromatic nitrogens is 2. The van der Waals surface area contributed by atoms with Gasteiger partial charge in [-0.15, -0.1) is 24.0 Å². The highest BCUT2D eigenvalue weighted by atomic mass is 127. The molecule has 0 aliphatic carbocycles. The van der Waals surface area contributed by atoms with Gasteiger partial charge in [0.1, 0.15) is 0 Å². The Labute approximate surface area is 177 Å². The van der Waals surface area contributed by atoms with E-state index in [2.05, 4.69) is 20.7 Å². The van der Waals surface area contributed by atoms with Crippen LogP contribution in [0.15, 0.2) is 47.7 Å². The molecule has 1 fully saturated rings. The first-order chi connectivity index (χ1) is 12.7. The number of aliphatic imine (C=N–C) groups is 1. The van der Waals surface area contributed by atoms with Crippen LogP contribution in [-0.2, 0) is 11.3 Å². The summed E-state index contributed by atoms with van der Waals surface area (Å²) >= 11 is 0. The van der Waals surface area contributed by atoms with Crippen LogP contribution in [0.25, 0.3) is 0 Å². The van der Waals surface area contributed by atoms with Gasteiger partial charge >= 0.3 is 0 Å². The second kappa shape index (κ2) is 10.3. The standard InChI is InChI=1S/C19H26N6O.HI/c1-15-12-22-24(13-15)10-6-9-21-19(20-2)23-16-11-18(26)25(14-16)17-7-4-3-5-8-17;/h3-5,7-8,12-13,16H,6,9-11,14H2,1-2H3,(H2,20,21,23);1H. The van der Waals surface area contributed by atoms with Crippen molar-refractivity contribution in [3.05, 3.63) is 48.3 Å². The lowest BCUT2D eigenvalue weighted by molar-refractivity contribution is -0.117. The molecule has 7 nitrogen and oxygen atoms in total. The van der Waals surface area contributed by atoms with Gasteiger partial charge in [-0.2, -0.15) is 5.10 Å². The molecule has 1 aromatic heterocycles. The molecule has 146 valence electrons. The van der Waals surface area contributed by atoms with Crippen LogP contribution >= 0.6 is 24.0 Å². The average molecular weight is 482 g/mol. The number of halogens is 1. The van der Waals surface area contributed by atoms with E-state index in [1.807, 2.05) is 59.2 Å². The molecule has 1 atom stereocenters. The molecular weight excluding hydrogens is 455 g/mol. The number of hydrogen-bond donors (Lipinski definition) is 2. The number of carbonyl (C=O) groups is 1. The van der Waals surface area contributed by atoms with E-state index >= 15 is 0 Å². The van der Waals surface area contributed by atoms with E-state index in [0.29, 0.717) is 13.0 Å². The molecule has 3 rings (SSSR count). The van der Waals surface area contributed by atoms with Crippen molar-refractivity contribution >= 4 is 41.5 Å². The number of nitrogens with zero attached hydrogens (tertiary/aromatic N) is 4. The van der Waals surface area contributed by atoms with E-state index in [4.69, 9.17) is 0 Å². The normalized spacial score (nSPS) is 17.0. The van der Waals surface area contributed by atoms with Crippen LogP contribution in [0, 0.1) is 6.92 Å². The van der Waals surface area contributed by atoms with Gasteiger partial charge in [0, 0.05) is 45.0 Å². The van der Waals surface area contributed by atoms with Gasteiger partial charge in [0.05, 0.1) is 12.2 Å². The monoisotopic (exact) mass is 482 g/mol. The third-order valence-corrected chi connectivity index (χ3v) is 4.38. The molecule has 1 unspecified atom stereocenters. The summed E-state index contributed by atoms with van der Waals surface area (Å²) in [6.07, 6.45) is 5.32. The third-order valence-electron chi connectivity index (χ3n) is 4.38. The van der Waals surface area contributed by atoms with Gasteiger partial charge < -0.3 is 15.5 Å². The van der Waals surface area contributed by atoms with Crippen LogP contribution in [0.1, 0.15) is 18.4 Å². The molecule has 1 saturated heterocycles. The van der Waals surface area contributed by atoms with Gasteiger partial charge in [0.2, 0.25) is 5.91 Å². The van der Waals surface area contributed by atoms with Crippen molar-refractivity contribution < 1.29 is 4.79 Å². The molecule has 0 saturated carbocycles. The lowest BCUT2D eigenvalue weighted by Gasteiger charge is -2.19. The molecule has 1 aliphatic rings. The Hall–Kier alpha value is -2.10. The van der Waals surface area contributed by atoms with E-state index in [9.17, 15) is 4.79 Å². The quantitative estimate of drug-likeness (QED) is 0.287. The van der Waals surface area contributed by atoms with Crippen molar-refractivity contribution in [2.24, 2.45) is 4.99 Å². The number of rotatable bonds is 6. The maximum atomic E-state index is 12.3. The van der Waals surface area contributed by atoms with Crippen molar-refractivity contribution in [2.75, 3.05) is 25.0 Å². The van der Waals surface area contributed by atoms with Gasteiger partial charge in [-0.25, -0.2) is 0 Å². The van der Waals surface area contributed by atoms with Crippen molar-refractivity contribution in [2.45, 2.75) is 32.4 Å². The molecular formula is C19H27IN6O. The number of amides is 1. The number of carbonyl (C=O) groups excluding carboxylic acids is 1. The molecule has 1 amide bonds. The van der Waals surface area contributed by atoms with Crippen LogP contribution < -0.4 is 15.5 Å². The predicted molar refractivity (Wildman–Crippen MR) is 119 cm³/mol. The zero-order valence-electron chi connectivity index (χ0n) is 15.8. The van der Waals surface area contributed by atoms with Crippen molar-refractivity contribution in [1.82, 2.24) is 20.4 Å². The smallest absolute Gasteiger partial charge is 0.229 e. The Balaban J connectivity index is 0.00000261. The van der Waals surface area contributed by atoms with Crippen molar-refractivity contribution in [3.63, 3.8) is 0 Å². The minimum atomic E-state index is 0. The zero-order valence-corrected chi connectivity index (χ0v) is 18.1. The fourth-order valence-electron chi connectivity index (χ4n) is 3.09. The summed E-state index contributed by atoms with van der Waals surface area (Å²) in [6, 6.07) is 9.84. The minimum Gasteiger partial charge on any atom is -0.356 e. The highest BCUT2D eigenvalue weighted by molar-refractivity contribution is 14.0. The number of benzene rings is 1. The van der Waals surface area contributed by atoms with Crippen molar-refractivity contribution in [3.8, 4) is 0 Å². The second-order valence-corrected chi connectivity index (χ2v) is 6.52. The summed E-state index contributed by atoms with van der Waals surface area (Å²) in [4.78, 5) is 18.4. The summed E-state index contributed by atoms with van der Waals surface area (Å²) in [5, 5.41) is 10.9. The van der Waals surface area contributed by atoms with E-state index < -0.39 is 0 Å². The maximum Gasteiger partial charge on any atom is 0.229 e. The Bertz CT molecular complexity index is 761. The van der Waals surface area contributed by atoms with E-state index in [1.54, 1.807) is 7.05 Å². The van der Waals surface area contributed by atoms with Gasteiger partial charge in [0.15, 0.2) is 5.96 Å². The van der Waals surface area contributed by atoms with Crippen LogP contribution in [0.3, 0.4) is 0 Å². The summed E-state index contributed by atoms with van der Waals surface area (Å²) in [5.41, 5.74) is 2.11. The van der Waals surface area contributed by atoms with Gasteiger partial charge in [-0.05, 0) is 31.0 Å². The van der Waals surface area contributed by atoms with Gasteiger partial charge in [-0.1, -0.05) is 18.2 Å². The largest absolute Gasteiger partial charge is 0.356 e. The molecule has 0 bridgehead atoms. The Morgan fingerprint density at radius 1 is 1.33 bits per heavy atom. The number of aryl methyl sites for hydroxylation is 2. The van der Waals surface area contributed by atoms with Crippen LogP contribution in [0.2, 0.25) is 0 Å². The molecule has 27 heavy (non-hydrogen) atoms. The first kappa shape index (κ1) is 21.2. The number of anilines is 1. The van der Waals surface area contributed by atoms with E-state index in [0.717, 1.165) is 31.2 Å². The fraction of sp³-hybridized carbons (Fsp3) is 0.421. The molecule has 2 heterocycles. The summed E-state index contributed by atoms with van der Waals surface area (Å²) < 4.78 is 1.95. The van der Waals surface area contributed by atoms with E-state index in [-0.39, 0.29) is 35.9 Å². The molecule has 1 aromatic carbocycles. The highest BCUT2D eigenvalue weighted by Crippen LogP contribution is 2.20. The number of guanidine groups is 1. The van der Waals surface area contributed by atoms with Crippen LogP contribution in [-0.4, -0.2) is 47.8 Å². The Kier molecular flexibility index (Phi) is 8.08. The van der Waals surface area contributed by atoms with Gasteiger partial charge in [-0.3, -0.25) is 14.5 Å². The fourth-order valence-corrected chi connectivity index (χ4v) is 3.09. The Morgan fingerprint density at radius 2 is 2.11 bits per heavy atom. The zero-order chi connectivity index (χ0) is 18.4. The Morgan fingerprint density at radius 3 is 2.78 bits per heavy atom. The summed E-state index contributed by atoms with van der Waals surface area (Å²) in [6.45, 7) is 4.34. The SMILES string of the molecule is CN=C(NCCCn1cc(C)cn1)NC1CC(=O)N(c2ccccc2)C1.I. The molecule has 2 aromatic rings. The lowest BCUT2D eigenvalue weighted by Crippen LogP contribution is -2.45. The maximum absolute atomic E-state index is 12.3. The number of nitrogens with one attached hydrogen (secondary N) is 2. The third kappa shape index (κ3) is 5.95. The van der Waals surface area contributed by atoms with Gasteiger partial charge in [0.25, 0.3) is 0 Å². The van der Waals surface area contributed by atoms with Crippen molar-refractivity contribution in [1.29, 1.82) is 0 Å². The second-order valence-electron chi connectivity index (χ2n) is 6.52. The van der Waals surface area contributed by atoms with Crippen LogP contribution in [0.4, 0.5) is 5.69 Å². The average Bonchev–Trinajstić information content (AvgIpc) is 3.23. The summed E-state index contributed by atoms with van der Waals surface area (Å²) in [7, 11) is 1.75.